The summed E-state index contributed by atoms with van der Waals surface area (Å²) in [6, 6.07) is -0.596. The van der Waals surface area contributed by atoms with Gasteiger partial charge in [-0.3, -0.25) is 19.5 Å². The summed E-state index contributed by atoms with van der Waals surface area (Å²) in [7, 11) is 0. The number of aromatic nitrogens is 2. The van der Waals surface area contributed by atoms with Gasteiger partial charge in [0.25, 0.3) is 5.56 Å². The second-order valence-electron chi connectivity index (χ2n) is 7.54. The van der Waals surface area contributed by atoms with Gasteiger partial charge in [0.1, 0.15) is 4.83 Å². The molecule has 0 aromatic carbocycles. The minimum atomic E-state index is -0.581. The lowest BCUT2D eigenvalue weighted by Crippen LogP contribution is -2.45. The van der Waals surface area contributed by atoms with Crippen LogP contribution in [0.4, 0.5) is 4.79 Å². The van der Waals surface area contributed by atoms with Crippen LogP contribution in [0.5, 0.6) is 0 Å². The lowest BCUT2D eigenvalue weighted by Gasteiger charge is -2.17. The SMILES string of the molecule is Cc1sc2nc(S[C@H](C)C(=O)NC(=O)NC(C)C)n(CC(C)C)c(=O)c2c1C. The fraction of sp³-hybridized carbons (Fsp3) is 0.579. The molecule has 0 bridgehead atoms. The highest BCUT2D eigenvalue weighted by atomic mass is 32.2. The highest BCUT2D eigenvalue weighted by Crippen LogP contribution is 2.30. The Hall–Kier alpha value is -1.87. The normalized spacial score (nSPS) is 12.6. The van der Waals surface area contributed by atoms with E-state index in [0.29, 0.717) is 21.9 Å². The topological polar surface area (TPSA) is 93.1 Å². The van der Waals surface area contributed by atoms with Crippen LogP contribution >= 0.6 is 23.1 Å². The number of carbonyl (C=O) groups excluding carboxylic acids is 2. The van der Waals surface area contributed by atoms with E-state index >= 15 is 0 Å². The van der Waals surface area contributed by atoms with Crippen molar-refractivity contribution in [2.75, 3.05) is 0 Å². The molecule has 0 aliphatic rings. The van der Waals surface area contributed by atoms with E-state index in [1.165, 1.54) is 23.1 Å². The van der Waals surface area contributed by atoms with E-state index in [0.717, 1.165) is 10.4 Å². The summed E-state index contributed by atoms with van der Waals surface area (Å²) in [4.78, 5) is 43.7. The van der Waals surface area contributed by atoms with Gasteiger partial charge in [0, 0.05) is 17.5 Å². The van der Waals surface area contributed by atoms with E-state index in [1.807, 2.05) is 41.5 Å². The Morgan fingerprint density at radius 3 is 2.39 bits per heavy atom. The number of carbonyl (C=O) groups is 2. The number of nitrogens with zero attached hydrogens (tertiary/aromatic N) is 2. The van der Waals surface area contributed by atoms with Gasteiger partial charge in [-0.2, -0.15) is 0 Å². The highest BCUT2D eigenvalue weighted by molar-refractivity contribution is 8.00. The minimum absolute atomic E-state index is 0.0682. The molecular formula is C19H28N4O3S2. The van der Waals surface area contributed by atoms with Crippen LogP contribution in [0, 0.1) is 19.8 Å². The molecule has 0 saturated heterocycles. The van der Waals surface area contributed by atoms with Gasteiger partial charge in [0.05, 0.1) is 10.6 Å². The van der Waals surface area contributed by atoms with Crippen LogP contribution < -0.4 is 16.2 Å². The van der Waals surface area contributed by atoms with Crippen molar-refractivity contribution in [3.8, 4) is 0 Å². The molecule has 0 saturated carbocycles. The number of thioether (sulfide) groups is 1. The quantitative estimate of drug-likeness (QED) is 0.547. The van der Waals surface area contributed by atoms with Crippen molar-refractivity contribution < 1.29 is 9.59 Å². The van der Waals surface area contributed by atoms with Gasteiger partial charge in [-0.15, -0.1) is 11.3 Å². The Balaban J connectivity index is 2.35. The van der Waals surface area contributed by atoms with Crippen LogP contribution in [0.3, 0.4) is 0 Å². The summed E-state index contributed by atoms with van der Waals surface area (Å²) in [6.07, 6.45) is 0. The Labute approximate surface area is 173 Å². The maximum Gasteiger partial charge on any atom is 0.321 e. The smallest absolute Gasteiger partial charge is 0.321 e. The van der Waals surface area contributed by atoms with Gasteiger partial charge in [0.2, 0.25) is 5.91 Å². The molecular weight excluding hydrogens is 396 g/mol. The van der Waals surface area contributed by atoms with E-state index in [2.05, 4.69) is 15.6 Å². The van der Waals surface area contributed by atoms with E-state index in [1.54, 1.807) is 11.5 Å². The van der Waals surface area contributed by atoms with Crippen LogP contribution in [0.15, 0.2) is 9.95 Å². The van der Waals surface area contributed by atoms with Crippen LogP contribution in [0.25, 0.3) is 10.2 Å². The lowest BCUT2D eigenvalue weighted by molar-refractivity contribution is -0.119. The number of imide groups is 1. The summed E-state index contributed by atoms with van der Waals surface area (Å²) in [5.41, 5.74) is 0.885. The largest absolute Gasteiger partial charge is 0.336 e. The van der Waals surface area contributed by atoms with Crippen molar-refractivity contribution in [2.24, 2.45) is 5.92 Å². The summed E-state index contributed by atoms with van der Waals surface area (Å²) in [6.45, 7) is 13.8. The van der Waals surface area contributed by atoms with E-state index in [4.69, 9.17) is 0 Å². The molecule has 0 aliphatic carbocycles. The molecule has 1 atom stereocenters. The Bertz CT molecular complexity index is 947. The fourth-order valence-corrected chi connectivity index (χ4v) is 4.64. The zero-order valence-corrected chi connectivity index (χ0v) is 19.0. The van der Waals surface area contributed by atoms with E-state index < -0.39 is 17.2 Å². The molecule has 0 aliphatic heterocycles. The first-order valence-corrected chi connectivity index (χ1v) is 11.0. The Morgan fingerprint density at radius 2 is 1.82 bits per heavy atom. The Kier molecular flexibility index (Phi) is 7.28. The average molecular weight is 425 g/mol. The van der Waals surface area contributed by atoms with Gasteiger partial charge in [-0.25, -0.2) is 9.78 Å². The molecule has 9 heteroatoms. The number of hydrogen-bond acceptors (Lipinski definition) is 6. The third kappa shape index (κ3) is 5.14. The van der Waals surface area contributed by atoms with Crippen molar-refractivity contribution in [2.45, 2.75) is 71.5 Å². The average Bonchev–Trinajstić information content (AvgIpc) is 2.84. The van der Waals surface area contributed by atoms with Gasteiger partial charge < -0.3 is 5.32 Å². The third-order valence-corrected chi connectivity index (χ3v) is 6.30. The standard InChI is InChI=1S/C19H28N4O3S2/c1-9(2)8-23-17(25)14-11(5)12(6)27-16(14)22-19(23)28-13(7)15(24)21-18(26)20-10(3)4/h9-10,13H,8H2,1-7H3,(H2,20,21,24,26)/t13-/m1/s1. The molecule has 0 fully saturated rings. The van der Waals surface area contributed by atoms with Crippen LogP contribution in [0.2, 0.25) is 0 Å². The maximum atomic E-state index is 13.1. The molecule has 3 amide bonds. The van der Waals surface area contributed by atoms with E-state index in [-0.39, 0.29) is 17.5 Å². The number of urea groups is 1. The molecule has 2 heterocycles. The van der Waals surface area contributed by atoms with E-state index in [9.17, 15) is 14.4 Å². The highest BCUT2D eigenvalue weighted by Gasteiger charge is 2.23. The van der Waals surface area contributed by atoms with Crippen LogP contribution in [-0.2, 0) is 11.3 Å². The molecule has 2 N–H and O–H groups in total. The first-order valence-electron chi connectivity index (χ1n) is 9.29. The van der Waals surface area contributed by atoms with Gasteiger partial charge >= 0.3 is 6.03 Å². The van der Waals surface area contributed by atoms with Crippen LogP contribution in [-0.4, -0.2) is 32.8 Å². The number of rotatable bonds is 6. The molecule has 2 aromatic heterocycles. The molecule has 2 aromatic rings. The summed E-state index contributed by atoms with van der Waals surface area (Å²) < 4.78 is 1.65. The number of fused-ring (bicyclic) bond motifs is 1. The van der Waals surface area contributed by atoms with Crippen LogP contribution in [0.1, 0.15) is 45.1 Å². The van der Waals surface area contributed by atoms with Gasteiger partial charge in [-0.1, -0.05) is 25.6 Å². The second-order valence-corrected chi connectivity index (χ2v) is 10.1. The summed E-state index contributed by atoms with van der Waals surface area (Å²) in [5.74, 6) is -0.176. The second kappa shape index (κ2) is 9.09. The number of nitrogens with one attached hydrogen (secondary N) is 2. The van der Waals surface area contributed by atoms with Crippen molar-refractivity contribution in [3.05, 3.63) is 20.8 Å². The van der Waals surface area contributed by atoms with Crippen molar-refractivity contribution in [1.82, 2.24) is 20.2 Å². The fourth-order valence-electron chi connectivity index (χ4n) is 2.65. The molecule has 0 radical (unpaired) electrons. The predicted molar refractivity (Wildman–Crippen MR) is 115 cm³/mol. The first-order chi connectivity index (χ1) is 13.0. The van der Waals surface area contributed by atoms with Crippen molar-refractivity contribution >= 4 is 45.3 Å². The van der Waals surface area contributed by atoms with Crippen molar-refractivity contribution in [3.63, 3.8) is 0 Å². The predicted octanol–water partition coefficient (Wildman–Crippen LogP) is 3.45. The minimum Gasteiger partial charge on any atom is -0.336 e. The first kappa shape index (κ1) is 22.4. The van der Waals surface area contributed by atoms with Crippen molar-refractivity contribution in [1.29, 1.82) is 0 Å². The number of aryl methyl sites for hydroxylation is 2. The van der Waals surface area contributed by atoms with Gasteiger partial charge in [-0.05, 0) is 46.1 Å². The zero-order valence-electron chi connectivity index (χ0n) is 17.4. The zero-order chi connectivity index (χ0) is 21.2. The lowest BCUT2D eigenvalue weighted by atomic mass is 10.2. The molecule has 2 rings (SSSR count). The number of thiophene rings is 1. The molecule has 0 spiro atoms. The molecule has 0 unspecified atom stereocenters. The monoisotopic (exact) mass is 424 g/mol. The summed E-state index contributed by atoms with van der Waals surface area (Å²) >= 11 is 2.68. The molecule has 28 heavy (non-hydrogen) atoms. The maximum absolute atomic E-state index is 13.1. The number of amides is 3. The Morgan fingerprint density at radius 1 is 1.18 bits per heavy atom. The van der Waals surface area contributed by atoms with Gasteiger partial charge in [0.15, 0.2) is 5.16 Å². The third-order valence-electron chi connectivity index (χ3n) is 4.11. The molecule has 7 nitrogen and oxygen atoms in total. The molecule has 154 valence electrons. The number of hydrogen-bond donors (Lipinski definition) is 2. The summed E-state index contributed by atoms with van der Waals surface area (Å²) in [5, 5.41) is 5.53.